The summed E-state index contributed by atoms with van der Waals surface area (Å²) in [6.07, 6.45) is 5.26. The predicted octanol–water partition coefficient (Wildman–Crippen LogP) is 4.33. The maximum absolute atomic E-state index is 14.4. The Morgan fingerprint density at radius 3 is 2.68 bits per heavy atom. The van der Waals surface area contributed by atoms with Gasteiger partial charge in [-0.05, 0) is 73.8 Å². The molecule has 0 radical (unpaired) electrons. The van der Waals surface area contributed by atoms with Crippen LogP contribution in [0.15, 0.2) is 60.9 Å². The van der Waals surface area contributed by atoms with Crippen LogP contribution in [0.3, 0.4) is 0 Å². The minimum absolute atomic E-state index is 0.172. The Labute approximate surface area is 214 Å². The summed E-state index contributed by atoms with van der Waals surface area (Å²) in [5.41, 5.74) is 10.0. The van der Waals surface area contributed by atoms with Gasteiger partial charge in [-0.25, -0.2) is 4.39 Å². The van der Waals surface area contributed by atoms with E-state index in [9.17, 15) is 14.0 Å². The molecule has 0 unspecified atom stereocenters. The zero-order chi connectivity index (χ0) is 26.1. The number of aromatic nitrogens is 2. The topological polar surface area (TPSA) is 101 Å². The van der Waals surface area contributed by atoms with Gasteiger partial charge in [0.05, 0.1) is 16.8 Å². The van der Waals surface area contributed by atoms with Gasteiger partial charge in [-0.2, -0.15) is 0 Å². The van der Waals surface area contributed by atoms with Crippen LogP contribution in [0.25, 0.3) is 33.3 Å². The number of nitrogens with two attached hydrogens (primary N) is 1. The van der Waals surface area contributed by atoms with Gasteiger partial charge in [-0.1, -0.05) is 12.1 Å². The molecule has 37 heavy (non-hydrogen) atoms. The summed E-state index contributed by atoms with van der Waals surface area (Å²) in [7, 11) is 1.79. The van der Waals surface area contributed by atoms with E-state index >= 15 is 0 Å². The van der Waals surface area contributed by atoms with Gasteiger partial charge in [0.1, 0.15) is 5.82 Å². The Balaban J connectivity index is 1.69. The molecule has 1 fully saturated rings. The van der Waals surface area contributed by atoms with E-state index in [4.69, 9.17) is 5.73 Å². The normalized spacial score (nSPS) is 15.2. The number of primary amides is 1. The number of rotatable bonds is 6. The van der Waals surface area contributed by atoms with E-state index in [0.717, 1.165) is 24.9 Å². The molecule has 1 saturated heterocycles. The molecule has 7 nitrogen and oxygen atoms in total. The zero-order valence-corrected chi connectivity index (χ0v) is 20.8. The van der Waals surface area contributed by atoms with Crippen LogP contribution in [0.4, 0.5) is 4.39 Å². The number of hydrogen-bond acceptors (Lipinski definition) is 5. The van der Waals surface area contributed by atoms with E-state index in [1.54, 1.807) is 30.3 Å². The molecule has 1 aliphatic rings. The first-order valence-electron chi connectivity index (χ1n) is 12.3. The van der Waals surface area contributed by atoms with Gasteiger partial charge in [0.15, 0.2) is 0 Å². The van der Waals surface area contributed by atoms with Crippen molar-refractivity contribution in [2.75, 3.05) is 20.1 Å². The molecular weight excluding hydrogens is 469 g/mol. The van der Waals surface area contributed by atoms with Gasteiger partial charge in [0, 0.05) is 54.1 Å². The first-order valence-corrected chi connectivity index (χ1v) is 12.3. The lowest BCUT2D eigenvalue weighted by molar-refractivity contribution is 0.0786. The monoisotopic (exact) mass is 497 g/mol. The minimum Gasteiger partial charge on any atom is -0.366 e. The zero-order valence-electron chi connectivity index (χ0n) is 20.8. The van der Waals surface area contributed by atoms with Gasteiger partial charge < -0.3 is 16.0 Å². The molecular formula is C29H28FN5O2. The largest absolute Gasteiger partial charge is 0.366 e. The number of carbonyl (C=O) groups is 2. The lowest BCUT2D eigenvalue weighted by atomic mass is 9.94. The van der Waals surface area contributed by atoms with E-state index in [0.29, 0.717) is 51.0 Å². The van der Waals surface area contributed by atoms with Crippen molar-refractivity contribution in [2.24, 2.45) is 5.73 Å². The van der Waals surface area contributed by atoms with E-state index in [-0.39, 0.29) is 17.8 Å². The molecule has 2 amide bonds. The quantitative estimate of drug-likeness (QED) is 0.413. The molecule has 4 aromatic rings. The average Bonchev–Trinajstić information content (AvgIpc) is 3.39. The smallest absolute Gasteiger partial charge is 0.255 e. The number of halogens is 1. The molecule has 3 heterocycles. The Morgan fingerprint density at radius 1 is 1.11 bits per heavy atom. The highest BCUT2D eigenvalue weighted by molar-refractivity contribution is 6.12. The fraction of sp³-hybridized carbons (Fsp3) is 0.241. The predicted molar refractivity (Wildman–Crippen MR) is 142 cm³/mol. The third kappa shape index (κ3) is 5.06. The van der Waals surface area contributed by atoms with Gasteiger partial charge in [-0.3, -0.25) is 19.6 Å². The number of nitrogens with zero attached hydrogens (tertiary/aromatic N) is 3. The number of benzene rings is 2. The van der Waals surface area contributed by atoms with Crippen molar-refractivity contribution >= 4 is 22.7 Å². The molecule has 0 spiro atoms. The molecule has 188 valence electrons. The first kappa shape index (κ1) is 24.5. The summed E-state index contributed by atoms with van der Waals surface area (Å²) >= 11 is 0. The highest BCUT2D eigenvalue weighted by atomic mass is 19.1. The average molecular weight is 498 g/mol. The Morgan fingerprint density at radius 2 is 1.95 bits per heavy atom. The van der Waals surface area contributed by atoms with E-state index < -0.39 is 5.91 Å². The second-order valence-electron chi connectivity index (χ2n) is 9.57. The van der Waals surface area contributed by atoms with Gasteiger partial charge in [-0.15, -0.1) is 0 Å². The number of pyridine rings is 2. The number of carbonyl (C=O) groups excluding carboxylic acids is 2. The Hall–Kier alpha value is -4.17. The number of fused-ring (bicyclic) bond motifs is 1. The fourth-order valence-corrected chi connectivity index (χ4v) is 4.95. The van der Waals surface area contributed by atoms with Crippen LogP contribution in [0.1, 0.15) is 39.1 Å². The first-order chi connectivity index (χ1) is 17.8. The summed E-state index contributed by atoms with van der Waals surface area (Å²) in [5.74, 6) is -1.10. The van der Waals surface area contributed by atoms with Crippen LogP contribution in [-0.2, 0) is 0 Å². The number of amides is 2. The molecule has 3 N–H and O–H groups in total. The summed E-state index contributed by atoms with van der Waals surface area (Å²) in [6.45, 7) is 3.32. The molecule has 1 atom stereocenters. The van der Waals surface area contributed by atoms with Crippen molar-refractivity contribution in [3.05, 3.63) is 83.4 Å². The van der Waals surface area contributed by atoms with Crippen LogP contribution in [0.2, 0.25) is 0 Å². The summed E-state index contributed by atoms with van der Waals surface area (Å²) in [5, 5.41) is 4.06. The second-order valence-corrected chi connectivity index (χ2v) is 9.57. The molecule has 1 aliphatic heterocycles. The third-order valence-corrected chi connectivity index (χ3v) is 6.78. The highest BCUT2D eigenvalue weighted by Gasteiger charge is 2.25. The minimum atomic E-state index is -0.548. The maximum Gasteiger partial charge on any atom is 0.255 e. The van der Waals surface area contributed by atoms with Crippen molar-refractivity contribution in [1.29, 1.82) is 0 Å². The summed E-state index contributed by atoms with van der Waals surface area (Å²) in [6, 6.07) is 13.6. The van der Waals surface area contributed by atoms with Crippen molar-refractivity contribution in [2.45, 2.75) is 25.8 Å². The second kappa shape index (κ2) is 10.1. The van der Waals surface area contributed by atoms with Crippen molar-refractivity contribution in [3.8, 4) is 22.4 Å². The standard InChI is InChI=1S/C29H28FN5O2/c1-17-10-20(12-21(30)11-17)24-15-34-25-6-5-18(26-14-19(28(31)36)7-9-33-26)13-23(25)27(24)29(37)35(2)16-22-4-3-8-32-22/h5-7,9-15,22,32H,3-4,8,16H2,1-2H3,(H2,31,36)/t22-/m0/s1. The van der Waals surface area contributed by atoms with Crippen LogP contribution >= 0.6 is 0 Å². The number of aryl methyl sites for hydroxylation is 1. The Kier molecular flexibility index (Phi) is 6.67. The van der Waals surface area contributed by atoms with Gasteiger partial charge in [0.25, 0.3) is 5.91 Å². The SMILES string of the molecule is Cc1cc(F)cc(-c2cnc3ccc(-c4cc(C(N)=O)ccn4)cc3c2C(=O)N(C)C[C@@H]2CCCN2)c1. The molecule has 0 bridgehead atoms. The molecule has 2 aromatic carbocycles. The molecule has 8 heteroatoms. The maximum atomic E-state index is 14.4. The fourth-order valence-electron chi connectivity index (χ4n) is 4.95. The summed E-state index contributed by atoms with van der Waals surface area (Å²) in [4.78, 5) is 36.4. The third-order valence-electron chi connectivity index (χ3n) is 6.78. The van der Waals surface area contributed by atoms with E-state index in [1.165, 1.54) is 18.3 Å². The molecule has 5 rings (SSSR count). The highest BCUT2D eigenvalue weighted by Crippen LogP contribution is 2.33. The summed E-state index contributed by atoms with van der Waals surface area (Å²) < 4.78 is 14.4. The molecule has 2 aromatic heterocycles. The van der Waals surface area contributed by atoms with Crippen molar-refractivity contribution < 1.29 is 14.0 Å². The number of hydrogen-bond donors (Lipinski definition) is 2. The van der Waals surface area contributed by atoms with E-state index in [1.807, 2.05) is 31.2 Å². The van der Waals surface area contributed by atoms with Crippen LogP contribution in [-0.4, -0.2) is 52.9 Å². The number of likely N-dealkylation sites (N-methyl/N-ethyl adjacent to an activating group) is 1. The Bertz CT molecular complexity index is 1490. The van der Waals surface area contributed by atoms with E-state index in [2.05, 4.69) is 15.3 Å². The lowest BCUT2D eigenvalue weighted by Gasteiger charge is -2.24. The van der Waals surface area contributed by atoms with Crippen LogP contribution in [0.5, 0.6) is 0 Å². The molecule has 0 saturated carbocycles. The van der Waals surface area contributed by atoms with Crippen molar-refractivity contribution in [3.63, 3.8) is 0 Å². The van der Waals surface area contributed by atoms with Crippen LogP contribution in [0, 0.1) is 12.7 Å². The lowest BCUT2D eigenvalue weighted by Crippen LogP contribution is -2.38. The molecule has 0 aliphatic carbocycles. The van der Waals surface area contributed by atoms with Gasteiger partial charge in [0.2, 0.25) is 5.91 Å². The number of nitrogens with one attached hydrogen (secondary N) is 1. The van der Waals surface area contributed by atoms with Crippen LogP contribution < -0.4 is 11.1 Å². The van der Waals surface area contributed by atoms with Gasteiger partial charge >= 0.3 is 0 Å². The van der Waals surface area contributed by atoms with Crippen molar-refractivity contribution in [1.82, 2.24) is 20.2 Å².